The van der Waals surface area contributed by atoms with Crippen LogP contribution in [0, 0.1) is 0 Å². The van der Waals surface area contributed by atoms with Gasteiger partial charge in [0.05, 0.1) is 6.54 Å². The lowest BCUT2D eigenvalue weighted by Crippen LogP contribution is -2.39. The molecule has 1 aliphatic heterocycles. The summed E-state index contributed by atoms with van der Waals surface area (Å²) in [6.07, 6.45) is 1.24. The van der Waals surface area contributed by atoms with Crippen LogP contribution >= 0.6 is 0 Å². The van der Waals surface area contributed by atoms with Crippen LogP contribution < -0.4 is 11.1 Å². The number of carbonyl (C=O) groups is 2. The van der Waals surface area contributed by atoms with Gasteiger partial charge in [-0.2, -0.15) is 0 Å². The normalized spacial score (nSPS) is 22.2. The van der Waals surface area contributed by atoms with E-state index in [9.17, 15) is 9.59 Å². The Morgan fingerprint density at radius 2 is 2.33 bits per heavy atom. The van der Waals surface area contributed by atoms with Gasteiger partial charge in [-0.25, -0.2) is 0 Å². The highest BCUT2D eigenvalue weighted by Gasteiger charge is 2.23. The van der Waals surface area contributed by atoms with Gasteiger partial charge in [-0.3, -0.25) is 9.59 Å². The maximum absolute atomic E-state index is 11.1. The van der Waals surface area contributed by atoms with Gasteiger partial charge in [0.2, 0.25) is 11.8 Å². The first-order chi connectivity index (χ1) is 5.70. The van der Waals surface area contributed by atoms with E-state index < -0.39 is 5.91 Å². The Balaban J connectivity index is 2.23. The first-order valence-electron chi connectivity index (χ1n) is 3.88. The van der Waals surface area contributed by atoms with E-state index in [-0.39, 0.29) is 18.6 Å². The van der Waals surface area contributed by atoms with Gasteiger partial charge in [0.15, 0.2) is 0 Å². The Morgan fingerprint density at radius 3 is 2.83 bits per heavy atom. The molecule has 1 heterocycles. The van der Waals surface area contributed by atoms with Crippen LogP contribution in [0.25, 0.3) is 0 Å². The topological polar surface area (TPSA) is 81.4 Å². The summed E-state index contributed by atoms with van der Waals surface area (Å²) >= 11 is 0. The highest BCUT2D eigenvalue weighted by molar-refractivity contribution is 5.86. The number of rotatable bonds is 3. The van der Waals surface area contributed by atoms with Gasteiger partial charge in [-0.15, -0.1) is 0 Å². The lowest BCUT2D eigenvalue weighted by atomic mass is 10.2. The Bertz CT molecular complexity index is 187. The maximum Gasteiger partial charge on any atom is 0.249 e. The zero-order valence-corrected chi connectivity index (χ0v) is 6.71. The molecule has 68 valence electrons. The van der Waals surface area contributed by atoms with Gasteiger partial charge >= 0.3 is 0 Å². The van der Waals surface area contributed by atoms with E-state index in [0.29, 0.717) is 6.61 Å². The van der Waals surface area contributed by atoms with Crippen molar-refractivity contribution in [1.29, 1.82) is 0 Å². The van der Waals surface area contributed by atoms with Gasteiger partial charge in [-0.05, 0) is 12.8 Å². The van der Waals surface area contributed by atoms with Crippen LogP contribution in [0.1, 0.15) is 12.8 Å². The van der Waals surface area contributed by atoms with Crippen molar-refractivity contribution >= 4 is 11.8 Å². The highest BCUT2D eigenvalue weighted by atomic mass is 16.5. The van der Waals surface area contributed by atoms with E-state index in [0.717, 1.165) is 12.8 Å². The fourth-order valence-corrected chi connectivity index (χ4v) is 1.07. The van der Waals surface area contributed by atoms with Crippen molar-refractivity contribution in [3.63, 3.8) is 0 Å². The predicted octanol–water partition coefficient (Wildman–Crippen LogP) is -1.23. The molecule has 5 heteroatoms. The Hall–Kier alpha value is -1.10. The smallest absolute Gasteiger partial charge is 0.249 e. The number of primary amides is 1. The summed E-state index contributed by atoms with van der Waals surface area (Å²) in [4.78, 5) is 21.4. The summed E-state index contributed by atoms with van der Waals surface area (Å²) in [7, 11) is 0. The molecule has 1 atom stereocenters. The molecule has 0 saturated carbocycles. The summed E-state index contributed by atoms with van der Waals surface area (Å²) < 4.78 is 5.08. The van der Waals surface area contributed by atoms with Gasteiger partial charge in [0.25, 0.3) is 0 Å². The molecule has 0 aromatic heterocycles. The third kappa shape index (κ3) is 2.50. The van der Waals surface area contributed by atoms with Gasteiger partial charge in [0, 0.05) is 6.61 Å². The van der Waals surface area contributed by atoms with Crippen molar-refractivity contribution in [1.82, 2.24) is 5.32 Å². The summed E-state index contributed by atoms with van der Waals surface area (Å²) in [6.45, 7) is 0.507. The lowest BCUT2D eigenvalue weighted by Gasteiger charge is -2.08. The van der Waals surface area contributed by atoms with Crippen LogP contribution in [-0.4, -0.2) is 31.1 Å². The fraction of sp³-hybridized carbons (Fsp3) is 0.714. The van der Waals surface area contributed by atoms with E-state index in [1.54, 1.807) is 0 Å². The number of ether oxygens (including phenoxy) is 1. The number of nitrogens with two attached hydrogens (primary N) is 1. The van der Waals surface area contributed by atoms with E-state index in [2.05, 4.69) is 5.32 Å². The Labute approximate surface area is 70.2 Å². The predicted molar refractivity (Wildman–Crippen MR) is 41.2 cm³/mol. The van der Waals surface area contributed by atoms with Gasteiger partial charge in [0.1, 0.15) is 6.10 Å². The molecule has 0 aromatic rings. The van der Waals surface area contributed by atoms with Crippen molar-refractivity contribution in [2.75, 3.05) is 13.2 Å². The second-order valence-electron chi connectivity index (χ2n) is 2.69. The average molecular weight is 172 g/mol. The molecule has 0 radical (unpaired) electrons. The molecule has 0 aliphatic carbocycles. The minimum absolute atomic E-state index is 0.112. The zero-order chi connectivity index (χ0) is 8.97. The third-order valence-electron chi connectivity index (χ3n) is 1.66. The molecule has 12 heavy (non-hydrogen) atoms. The average Bonchev–Trinajstić information content (AvgIpc) is 2.51. The molecule has 1 rings (SSSR count). The standard InChI is InChI=1S/C7H12N2O3/c8-6(10)4-9-7(11)5-2-1-3-12-5/h5H,1-4H2,(H2,8,10)(H,9,11)/t5-/m1/s1. The SMILES string of the molecule is NC(=O)CNC(=O)[C@H]1CCCO1. The molecule has 0 unspecified atom stereocenters. The summed E-state index contributed by atoms with van der Waals surface area (Å²) in [5.74, 6) is -0.785. The molecule has 0 bridgehead atoms. The molecule has 5 nitrogen and oxygen atoms in total. The highest BCUT2D eigenvalue weighted by Crippen LogP contribution is 2.11. The van der Waals surface area contributed by atoms with Crippen LogP contribution in [-0.2, 0) is 14.3 Å². The molecule has 1 aliphatic rings. The van der Waals surface area contributed by atoms with Crippen LogP contribution in [0.4, 0.5) is 0 Å². The molecule has 0 spiro atoms. The van der Waals surface area contributed by atoms with Crippen LogP contribution in [0.15, 0.2) is 0 Å². The number of carbonyl (C=O) groups excluding carboxylic acids is 2. The molecular formula is C7H12N2O3. The van der Waals surface area contributed by atoms with Crippen LogP contribution in [0.3, 0.4) is 0 Å². The first kappa shape index (κ1) is 8.99. The minimum atomic E-state index is -0.540. The Kier molecular flexibility index (Phi) is 3.04. The fourth-order valence-electron chi connectivity index (χ4n) is 1.07. The van der Waals surface area contributed by atoms with Gasteiger partial charge < -0.3 is 15.8 Å². The van der Waals surface area contributed by atoms with Crippen molar-refractivity contribution < 1.29 is 14.3 Å². The lowest BCUT2D eigenvalue weighted by molar-refractivity contribution is -0.131. The van der Waals surface area contributed by atoms with Crippen molar-refractivity contribution in [2.45, 2.75) is 18.9 Å². The van der Waals surface area contributed by atoms with Crippen LogP contribution in [0.2, 0.25) is 0 Å². The van der Waals surface area contributed by atoms with E-state index in [1.807, 2.05) is 0 Å². The van der Waals surface area contributed by atoms with Crippen LogP contribution in [0.5, 0.6) is 0 Å². The van der Waals surface area contributed by atoms with E-state index in [4.69, 9.17) is 10.5 Å². The minimum Gasteiger partial charge on any atom is -0.368 e. The molecule has 1 saturated heterocycles. The molecule has 1 fully saturated rings. The molecular weight excluding hydrogens is 160 g/mol. The summed E-state index contributed by atoms with van der Waals surface area (Å²) in [5, 5.41) is 2.39. The largest absolute Gasteiger partial charge is 0.368 e. The van der Waals surface area contributed by atoms with Crippen molar-refractivity contribution in [3.05, 3.63) is 0 Å². The first-order valence-corrected chi connectivity index (χ1v) is 3.88. The second kappa shape index (κ2) is 4.06. The second-order valence-corrected chi connectivity index (χ2v) is 2.69. The summed E-state index contributed by atoms with van der Waals surface area (Å²) in [5.41, 5.74) is 4.84. The quantitative estimate of drug-likeness (QED) is 0.559. The van der Waals surface area contributed by atoms with Gasteiger partial charge in [-0.1, -0.05) is 0 Å². The number of hydrogen-bond acceptors (Lipinski definition) is 3. The maximum atomic E-state index is 11.1. The van der Waals surface area contributed by atoms with E-state index in [1.165, 1.54) is 0 Å². The molecule has 3 N–H and O–H groups in total. The zero-order valence-electron chi connectivity index (χ0n) is 6.71. The van der Waals surface area contributed by atoms with Crippen molar-refractivity contribution in [2.24, 2.45) is 5.73 Å². The monoisotopic (exact) mass is 172 g/mol. The molecule has 2 amide bonds. The summed E-state index contributed by atoms with van der Waals surface area (Å²) in [6, 6.07) is 0. The van der Waals surface area contributed by atoms with E-state index >= 15 is 0 Å². The molecule has 0 aromatic carbocycles. The number of amides is 2. The third-order valence-corrected chi connectivity index (χ3v) is 1.66. The number of hydrogen-bond donors (Lipinski definition) is 2. The number of nitrogens with one attached hydrogen (secondary N) is 1. The van der Waals surface area contributed by atoms with Crippen molar-refractivity contribution in [3.8, 4) is 0 Å². The Morgan fingerprint density at radius 1 is 1.58 bits per heavy atom.